The van der Waals surface area contributed by atoms with Gasteiger partial charge in [-0.15, -0.1) is 24.0 Å². The molecule has 1 atom stereocenters. The fourth-order valence-electron chi connectivity index (χ4n) is 2.99. The van der Waals surface area contributed by atoms with E-state index < -0.39 is 0 Å². The molecule has 0 aromatic carbocycles. The molecule has 1 amide bonds. The van der Waals surface area contributed by atoms with Gasteiger partial charge in [-0.2, -0.15) is 0 Å². The van der Waals surface area contributed by atoms with Crippen molar-refractivity contribution in [2.75, 3.05) is 26.2 Å². The maximum Gasteiger partial charge on any atom is 0.225 e. The minimum atomic E-state index is 0. The van der Waals surface area contributed by atoms with Gasteiger partial charge in [0.25, 0.3) is 0 Å². The van der Waals surface area contributed by atoms with Gasteiger partial charge in [0, 0.05) is 43.4 Å². The molecule has 0 bridgehead atoms. The Hall–Kier alpha value is -1.58. The Labute approximate surface area is 185 Å². The molecule has 1 aliphatic heterocycles. The Morgan fingerprint density at radius 2 is 2.21 bits per heavy atom. The molecule has 158 valence electrons. The average Bonchev–Trinajstić information content (AvgIpc) is 3.13. The Bertz CT molecular complexity index is 639. The molecule has 1 unspecified atom stereocenters. The standard InChI is InChI=1S/C20H33N5O2.HI/c1-5-12-27-18-16(8-7-10-22-18)13-23-20(21-6-2)24-17-9-11-25(14-17)19(26)15(3)4;/h7-8,10,15,17H,5-6,9,11-14H2,1-4H3,(H2,21,23,24);1H. The maximum atomic E-state index is 12.2. The maximum absolute atomic E-state index is 12.2. The summed E-state index contributed by atoms with van der Waals surface area (Å²) >= 11 is 0. The van der Waals surface area contributed by atoms with Crippen LogP contribution in [0.5, 0.6) is 5.88 Å². The summed E-state index contributed by atoms with van der Waals surface area (Å²) in [4.78, 5) is 23.1. The number of rotatable bonds is 8. The van der Waals surface area contributed by atoms with Crippen molar-refractivity contribution in [3.05, 3.63) is 23.9 Å². The Balaban J connectivity index is 0.00000392. The van der Waals surface area contributed by atoms with Gasteiger partial charge < -0.3 is 20.3 Å². The van der Waals surface area contributed by atoms with Gasteiger partial charge in [0.05, 0.1) is 13.2 Å². The van der Waals surface area contributed by atoms with E-state index in [0.717, 1.165) is 44.0 Å². The largest absolute Gasteiger partial charge is 0.477 e. The number of aliphatic imine (C=N–C) groups is 1. The lowest BCUT2D eigenvalue weighted by molar-refractivity contribution is -0.133. The number of pyridine rings is 1. The first-order valence-corrected chi connectivity index (χ1v) is 9.95. The molecule has 0 aliphatic carbocycles. The van der Waals surface area contributed by atoms with E-state index in [1.54, 1.807) is 6.20 Å². The molecular weight excluding hydrogens is 469 g/mol. The Kier molecular flexibility index (Phi) is 11.2. The average molecular weight is 503 g/mol. The third kappa shape index (κ3) is 7.44. The molecule has 2 N–H and O–H groups in total. The van der Waals surface area contributed by atoms with E-state index in [1.807, 2.05) is 37.8 Å². The van der Waals surface area contributed by atoms with Gasteiger partial charge in [0.1, 0.15) is 0 Å². The van der Waals surface area contributed by atoms with Crippen molar-refractivity contribution in [3.8, 4) is 5.88 Å². The highest BCUT2D eigenvalue weighted by atomic mass is 127. The van der Waals surface area contributed by atoms with Gasteiger partial charge in [-0.25, -0.2) is 9.98 Å². The van der Waals surface area contributed by atoms with E-state index in [2.05, 4.69) is 22.5 Å². The van der Waals surface area contributed by atoms with Crippen molar-refractivity contribution < 1.29 is 9.53 Å². The number of amides is 1. The number of aromatic nitrogens is 1. The Morgan fingerprint density at radius 1 is 1.43 bits per heavy atom. The number of nitrogens with zero attached hydrogens (tertiary/aromatic N) is 3. The van der Waals surface area contributed by atoms with Crippen LogP contribution in [-0.2, 0) is 11.3 Å². The lowest BCUT2D eigenvalue weighted by Crippen LogP contribution is -2.45. The Morgan fingerprint density at radius 3 is 2.89 bits per heavy atom. The third-order valence-corrected chi connectivity index (χ3v) is 4.38. The summed E-state index contributed by atoms with van der Waals surface area (Å²) < 4.78 is 5.71. The van der Waals surface area contributed by atoms with Crippen LogP contribution in [0.3, 0.4) is 0 Å². The number of likely N-dealkylation sites (tertiary alicyclic amines) is 1. The summed E-state index contributed by atoms with van der Waals surface area (Å²) in [5.41, 5.74) is 0.964. The summed E-state index contributed by atoms with van der Waals surface area (Å²) in [7, 11) is 0. The van der Waals surface area contributed by atoms with E-state index in [1.165, 1.54) is 0 Å². The predicted octanol–water partition coefficient (Wildman–Crippen LogP) is 2.80. The number of guanidine groups is 1. The summed E-state index contributed by atoms with van der Waals surface area (Å²) in [6, 6.07) is 4.11. The highest BCUT2D eigenvalue weighted by Gasteiger charge is 2.27. The van der Waals surface area contributed by atoms with E-state index in [0.29, 0.717) is 19.0 Å². The van der Waals surface area contributed by atoms with Crippen LogP contribution in [0, 0.1) is 5.92 Å². The first-order valence-electron chi connectivity index (χ1n) is 9.95. The van der Waals surface area contributed by atoms with E-state index >= 15 is 0 Å². The molecule has 8 heteroatoms. The van der Waals surface area contributed by atoms with E-state index in [9.17, 15) is 4.79 Å². The molecule has 1 aromatic rings. The van der Waals surface area contributed by atoms with Crippen LogP contribution in [0.15, 0.2) is 23.3 Å². The van der Waals surface area contributed by atoms with E-state index in [4.69, 9.17) is 9.73 Å². The second-order valence-corrected chi connectivity index (χ2v) is 7.08. The van der Waals surface area contributed by atoms with Gasteiger partial charge in [-0.3, -0.25) is 4.79 Å². The van der Waals surface area contributed by atoms with Crippen molar-refractivity contribution >= 4 is 35.8 Å². The number of carbonyl (C=O) groups excluding carboxylic acids is 1. The molecular formula is C20H34IN5O2. The van der Waals surface area contributed by atoms with Gasteiger partial charge in [0.2, 0.25) is 11.8 Å². The lowest BCUT2D eigenvalue weighted by Gasteiger charge is -2.20. The van der Waals surface area contributed by atoms with Crippen molar-refractivity contribution in [1.82, 2.24) is 20.5 Å². The van der Waals surface area contributed by atoms with Crippen molar-refractivity contribution in [2.45, 2.75) is 53.1 Å². The van der Waals surface area contributed by atoms with Crippen molar-refractivity contribution in [1.29, 1.82) is 0 Å². The molecule has 1 fully saturated rings. The zero-order valence-corrected chi connectivity index (χ0v) is 19.7. The lowest BCUT2D eigenvalue weighted by atomic mass is 10.2. The number of halogens is 1. The van der Waals surface area contributed by atoms with Crippen molar-refractivity contribution in [3.63, 3.8) is 0 Å². The van der Waals surface area contributed by atoms with Crippen LogP contribution >= 0.6 is 24.0 Å². The SMILES string of the molecule is CCCOc1ncccc1CN=C(NCC)NC1CCN(C(=O)C(C)C)C1.I. The zero-order valence-electron chi connectivity index (χ0n) is 17.4. The molecule has 0 spiro atoms. The summed E-state index contributed by atoms with van der Waals surface area (Å²) in [5.74, 6) is 1.66. The topological polar surface area (TPSA) is 78.9 Å². The fourth-order valence-corrected chi connectivity index (χ4v) is 2.99. The molecule has 1 aliphatic rings. The molecule has 28 heavy (non-hydrogen) atoms. The normalized spacial score (nSPS) is 16.7. The number of nitrogens with one attached hydrogen (secondary N) is 2. The zero-order chi connectivity index (χ0) is 19.6. The van der Waals surface area contributed by atoms with Crippen LogP contribution in [-0.4, -0.2) is 54.0 Å². The molecule has 0 radical (unpaired) electrons. The number of ether oxygens (including phenoxy) is 1. The minimum absolute atomic E-state index is 0. The molecule has 7 nitrogen and oxygen atoms in total. The second kappa shape index (κ2) is 12.8. The fraction of sp³-hybridized carbons (Fsp3) is 0.650. The predicted molar refractivity (Wildman–Crippen MR) is 123 cm³/mol. The summed E-state index contributed by atoms with van der Waals surface area (Å²) in [6.07, 6.45) is 3.61. The molecule has 1 aromatic heterocycles. The molecule has 1 saturated heterocycles. The van der Waals surface area contributed by atoms with E-state index in [-0.39, 0.29) is 41.8 Å². The van der Waals surface area contributed by atoms with Crippen LogP contribution in [0.25, 0.3) is 0 Å². The molecule has 2 rings (SSSR count). The second-order valence-electron chi connectivity index (χ2n) is 7.08. The first-order chi connectivity index (χ1) is 13.0. The highest BCUT2D eigenvalue weighted by molar-refractivity contribution is 14.0. The van der Waals surface area contributed by atoms with Crippen molar-refractivity contribution in [2.24, 2.45) is 10.9 Å². The van der Waals surface area contributed by atoms with Crippen LogP contribution in [0.2, 0.25) is 0 Å². The summed E-state index contributed by atoms with van der Waals surface area (Å²) in [5, 5.41) is 6.74. The van der Waals surface area contributed by atoms with Crippen LogP contribution < -0.4 is 15.4 Å². The van der Waals surface area contributed by atoms with Gasteiger partial charge in [-0.05, 0) is 25.8 Å². The number of hydrogen-bond donors (Lipinski definition) is 2. The monoisotopic (exact) mass is 503 g/mol. The first kappa shape index (κ1) is 24.5. The third-order valence-electron chi connectivity index (χ3n) is 4.38. The van der Waals surface area contributed by atoms with Gasteiger partial charge >= 0.3 is 0 Å². The molecule has 2 heterocycles. The summed E-state index contributed by atoms with van der Waals surface area (Å²) in [6.45, 7) is 11.4. The van der Waals surface area contributed by atoms with Gasteiger partial charge in [0.15, 0.2) is 5.96 Å². The minimum Gasteiger partial charge on any atom is -0.477 e. The number of carbonyl (C=O) groups is 1. The molecule has 0 saturated carbocycles. The van der Waals surface area contributed by atoms with Gasteiger partial charge in [-0.1, -0.05) is 26.8 Å². The quantitative estimate of drug-likeness (QED) is 0.324. The number of hydrogen-bond acceptors (Lipinski definition) is 4. The smallest absolute Gasteiger partial charge is 0.225 e. The van der Waals surface area contributed by atoms with Crippen LogP contribution in [0.1, 0.15) is 46.1 Å². The van der Waals surface area contributed by atoms with Crippen LogP contribution in [0.4, 0.5) is 0 Å². The highest BCUT2D eigenvalue weighted by Crippen LogP contribution is 2.16.